The van der Waals surface area contributed by atoms with Crippen LogP contribution in [-0.2, 0) is 11.8 Å². The third kappa shape index (κ3) is 3.86. The van der Waals surface area contributed by atoms with Crippen molar-refractivity contribution in [3.63, 3.8) is 0 Å². The predicted octanol–water partition coefficient (Wildman–Crippen LogP) is 4.95. The van der Waals surface area contributed by atoms with E-state index in [2.05, 4.69) is 26.1 Å². The fraction of sp³-hybridized carbons (Fsp3) is 0.100. The summed E-state index contributed by atoms with van der Waals surface area (Å²) in [6.07, 6.45) is 1.71. The van der Waals surface area contributed by atoms with Crippen LogP contribution < -0.4 is 5.32 Å². The molecule has 5 nitrogen and oxygen atoms in total. The molecule has 0 fully saturated rings. The lowest BCUT2D eigenvalue weighted by molar-refractivity contribution is -0.113. The third-order valence-electron chi connectivity index (χ3n) is 4.29. The highest BCUT2D eigenvalue weighted by atomic mass is 35.5. The van der Waals surface area contributed by atoms with E-state index >= 15 is 0 Å². The largest absolute Gasteiger partial charge is 0.339 e. The number of hydrogen-bond acceptors (Lipinski definition) is 3. The number of amides is 1. The zero-order valence-electron chi connectivity index (χ0n) is 14.6. The number of hydrogen-bond donors (Lipinski definition) is 2. The molecule has 0 aliphatic rings. The Morgan fingerprint density at radius 1 is 1.19 bits per heavy atom. The van der Waals surface area contributed by atoms with Crippen LogP contribution in [0.5, 0.6) is 0 Å². The van der Waals surface area contributed by atoms with Gasteiger partial charge < -0.3 is 9.88 Å². The quantitative estimate of drug-likeness (QED) is 0.469. The molecule has 0 atom stereocenters. The highest BCUT2D eigenvalue weighted by Gasteiger charge is 2.10. The molecule has 27 heavy (non-hydrogen) atoms. The molecule has 1 amide bonds. The summed E-state index contributed by atoms with van der Waals surface area (Å²) in [5, 5.41) is 12.6. The Morgan fingerprint density at radius 2 is 2.00 bits per heavy atom. The Balaban J connectivity index is 1.39. The molecule has 2 aromatic carbocycles. The average molecular weight is 397 g/mol. The van der Waals surface area contributed by atoms with E-state index in [1.165, 1.54) is 11.8 Å². The molecular formula is C20H17ClN4OS. The Morgan fingerprint density at radius 3 is 2.74 bits per heavy atom. The van der Waals surface area contributed by atoms with E-state index in [-0.39, 0.29) is 5.91 Å². The number of aromatic nitrogens is 3. The Labute approximate surface area is 165 Å². The molecule has 2 aromatic heterocycles. The van der Waals surface area contributed by atoms with Crippen LogP contribution in [0, 0.1) is 0 Å². The van der Waals surface area contributed by atoms with Crippen molar-refractivity contribution < 1.29 is 4.79 Å². The van der Waals surface area contributed by atoms with Crippen molar-refractivity contribution in [1.82, 2.24) is 14.8 Å². The van der Waals surface area contributed by atoms with Gasteiger partial charge in [-0.15, -0.1) is 0 Å². The molecule has 0 aliphatic heterocycles. The second-order valence-corrected chi connectivity index (χ2v) is 7.56. The highest BCUT2D eigenvalue weighted by molar-refractivity contribution is 8.00. The molecule has 0 saturated heterocycles. The summed E-state index contributed by atoms with van der Waals surface area (Å²) in [5.41, 5.74) is 3.83. The summed E-state index contributed by atoms with van der Waals surface area (Å²) < 4.78 is 2.07. The Hall–Kier alpha value is -2.70. The van der Waals surface area contributed by atoms with E-state index in [1.54, 1.807) is 6.20 Å². The molecular weight excluding hydrogens is 380 g/mol. The van der Waals surface area contributed by atoms with Gasteiger partial charge >= 0.3 is 0 Å². The maximum absolute atomic E-state index is 12.3. The first kappa shape index (κ1) is 17.7. The number of thioether (sulfide) groups is 1. The first-order chi connectivity index (χ1) is 13.1. The van der Waals surface area contributed by atoms with Gasteiger partial charge in [0, 0.05) is 34.9 Å². The zero-order chi connectivity index (χ0) is 18.8. The van der Waals surface area contributed by atoms with Crippen LogP contribution in [-0.4, -0.2) is 26.4 Å². The van der Waals surface area contributed by atoms with E-state index < -0.39 is 0 Å². The molecule has 7 heteroatoms. The van der Waals surface area contributed by atoms with Crippen molar-refractivity contribution in [2.45, 2.75) is 5.03 Å². The van der Waals surface area contributed by atoms with Gasteiger partial charge in [0.25, 0.3) is 0 Å². The standard InChI is InChI=1S/C20H17ClN4OS/c1-25-18-7-4-15(21)10-14(18)11-20(25)27-12-19(26)23-16-5-2-13(3-6-16)17-8-9-22-24-17/h2-11H,12H2,1H3,(H,22,24)(H,23,26). The Kier molecular flexibility index (Phi) is 4.92. The molecule has 0 radical (unpaired) electrons. The maximum Gasteiger partial charge on any atom is 0.234 e. The number of benzene rings is 2. The number of nitrogens with one attached hydrogen (secondary N) is 2. The molecule has 0 bridgehead atoms. The number of carbonyl (C=O) groups excluding carboxylic acids is 1. The predicted molar refractivity (Wildman–Crippen MR) is 111 cm³/mol. The van der Waals surface area contributed by atoms with E-state index in [0.717, 1.165) is 32.9 Å². The van der Waals surface area contributed by atoms with Crippen molar-refractivity contribution in [1.29, 1.82) is 0 Å². The van der Waals surface area contributed by atoms with Gasteiger partial charge in [0.15, 0.2) is 0 Å². The van der Waals surface area contributed by atoms with Crippen molar-refractivity contribution in [3.8, 4) is 11.3 Å². The average Bonchev–Trinajstić information content (AvgIpc) is 3.29. The number of rotatable bonds is 5. The molecule has 0 saturated carbocycles. The number of aryl methyl sites for hydroxylation is 1. The van der Waals surface area contributed by atoms with Gasteiger partial charge in [-0.05, 0) is 48.0 Å². The summed E-state index contributed by atoms with van der Waals surface area (Å²) in [5.74, 6) is 0.290. The molecule has 4 aromatic rings. The van der Waals surface area contributed by atoms with E-state index in [4.69, 9.17) is 11.6 Å². The summed E-state index contributed by atoms with van der Waals surface area (Å²) >= 11 is 7.56. The van der Waals surface area contributed by atoms with Crippen LogP contribution in [0.25, 0.3) is 22.2 Å². The zero-order valence-corrected chi connectivity index (χ0v) is 16.1. The van der Waals surface area contributed by atoms with Gasteiger partial charge in [-0.25, -0.2) is 0 Å². The second-order valence-electron chi connectivity index (χ2n) is 6.13. The minimum absolute atomic E-state index is 0.0439. The number of fused-ring (bicyclic) bond motifs is 1. The monoisotopic (exact) mass is 396 g/mol. The SMILES string of the molecule is Cn1c(SCC(=O)Nc2ccc(-c3ccn[nH]3)cc2)cc2cc(Cl)ccc21. The summed E-state index contributed by atoms with van der Waals surface area (Å²) in [7, 11) is 1.99. The van der Waals surface area contributed by atoms with Gasteiger partial charge in [-0.3, -0.25) is 9.89 Å². The summed E-state index contributed by atoms with van der Waals surface area (Å²) in [6.45, 7) is 0. The van der Waals surface area contributed by atoms with Crippen LogP contribution in [0.2, 0.25) is 5.02 Å². The van der Waals surface area contributed by atoms with Crippen LogP contribution in [0.3, 0.4) is 0 Å². The second kappa shape index (κ2) is 7.50. The minimum Gasteiger partial charge on any atom is -0.339 e. The highest BCUT2D eigenvalue weighted by Crippen LogP contribution is 2.28. The number of H-pyrrole nitrogens is 1. The van der Waals surface area contributed by atoms with Crippen LogP contribution in [0.15, 0.2) is 65.8 Å². The van der Waals surface area contributed by atoms with Crippen molar-refractivity contribution >= 4 is 45.9 Å². The van der Waals surface area contributed by atoms with Crippen LogP contribution >= 0.6 is 23.4 Å². The summed E-state index contributed by atoms with van der Waals surface area (Å²) in [6, 6.07) is 17.4. The van der Waals surface area contributed by atoms with Gasteiger partial charge in [-0.1, -0.05) is 35.5 Å². The van der Waals surface area contributed by atoms with Gasteiger partial charge in [0.2, 0.25) is 5.91 Å². The number of aromatic amines is 1. The molecule has 0 unspecified atom stereocenters. The van der Waals surface area contributed by atoms with E-state index in [0.29, 0.717) is 10.8 Å². The normalized spacial score (nSPS) is 11.0. The fourth-order valence-corrected chi connectivity index (χ4v) is 3.95. The molecule has 4 rings (SSSR count). The first-order valence-electron chi connectivity index (χ1n) is 8.37. The number of nitrogens with zero attached hydrogens (tertiary/aromatic N) is 2. The number of carbonyl (C=O) groups is 1. The maximum atomic E-state index is 12.3. The van der Waals surface area contributed by atoms with Gasteiger partial charge in [-0.2, -0.15) is 5.10 Å². The number of anilines is 1. The molecule has 0 aliphatic carbocycles. The first-order valence-corrected chi connectivity index (χ1v) is 9.74. The van der Waals surface area contributed by atoms with E-state index in [9.17, 15) is 4.79 Å². The number of halogens is 1. The van der Waals surface area contributed by atoms with Crippen molar-refractivity contribution in [2.75, 3.05) is 11.1 Å². The minimum atomic E-state index is -0.0439. The topological polar surface area (TPSA) is 62.7 Å². The van der Waals surface area contributed by atoms with E-state index in [1.807, 2.05) is 55.6 Å². The molecule has 0 spiro atoms. The smallest absolute Gasteiger partial charge is 0.234 e. The Bertz CT molecular complexity index is 1090. The van der Waals surface area contributed by atoms with Gasteiger partial charge in [0.1, 0.15) is 0 Å². The lowest BCUT2D eigenvalue weighted by Gasteiger charge is -2.07. The van der Waals surface area contributed by atoms with Crippen molar-refractivity contribution in [3.05, 3.63) is 65.8 Å². The van der Waals surface area contributed by atoms with Crippen LogP contribution in [0.4, 0.5) is 5.69 Å². The molecule has 2 N–H and O–H groups in total. The van der Waals surface area contributed by atoms with Crippen LogP contribution in [0.1, 0.15) is 0 Å². The van der Waals surface area contributed by atoms with Gasteiger partial charge in [0.05, 0.1) is 16.5 Å². The molecule has 2 heterocycles. The lowest BCUT2D eigenvalue weighted by atomic mass is 10.1. The summed E-state index contributed by atoms with van der Waals surface area (Å²) in [4.78, 5) is 12.3. The lowest BCUT2D eigenvalue weighted by Crippen LogP contribution is -2.14. The molecule has 136 valence electrons. The fourth-order valence-electron chi connectivity index (χ4n) is 2.92. The van der Waals surface area contributed by atoms with Crippen molar-refractivity contribution in [2.24, 2.45) is 7.05 Å². The third-order valence-corrected chi connectivity index (χ3v) is 5.62.